The Morgan fingerprint density at radius 2 is 0.903 bits per heavy atom. The molecule has 0 unspecified atom stereocenters. The second kappa shape index (κ2) is 11.2. The molecule has 0 spiro atoms. The highest BCUT2D eigenvalue weighted by Gasteiger charge is 2.51. The number of rotatable bonds is 12. The molecule has 0 atom stereocenters. The van der Waals surface area contributed by atoms with E-state index < -0.39 is 25.2 Å². The van der Waals surface area contributed by atoms with Crippen LogP contribution in [0.5, 0.6) is 0 Å². The number of hydrogen-bond donors (Lipinski definition) is 0. The van der Waals surface area contributed by atoms with Crippen molar-refractivity contribution in [2.24, 2.45) is 0 Å². The third-order valence-electron chi connectivity index (χ3n) is 6.20. The zero-order valence-electron chi connectivity index (χ0n) is 21.1. The first-order valence-electron chi connectivity index (χ1n) is 11.9. The van der Waals surface area contributed by atoms with Crippen molar-refractivity contribution in [3.05, 3.63) is 71.8 Å². The summed E-state index contributed by atoms with van der Waals surface area (Å²) < 4.78 is 14.5. The first-order valence-corrected chi connectivity index (χ1v) is 20.1. The number of benzene rings is 2. The highest BCUT2D eigenvalue weighted by molar-refractivity contribution is 6.90. The maximum Gasteiger partial charge on any atom is 0.322 e. The predicted octanol–water partition coefficient (Wildman–Crippen LogP) is 8.18. The molecule has 172 valence electrons. The van der Waals surface area contributed by atoms with Gasteiger partial charge in [0.05, 0.1) is 0 Å². The van der Waals surface area contributed by atoms with Gasteiger partial charge < -0.3 is 8.23 Å². The maximum atomic E-state index is 7.25. The first kappa shape index (κ1) is 26.3. The lowest BCUT2D eigenvalue weighted by Crippen LogP contribution is -2.59. The third kappa shape index (κ3) is 8.13. The van der Waals surface area contributed by atoms with E-state index in [4.69, 9.17) is 8.23 Å². The predicted molar refractivity (Wildman–Crippen MR) is 143 cm³/mol. The summed E-state index contributed by atoms with van der Waals surface area (Å²) in [6.45, 7) is 18.9. The molecule has 2 nitrogen and oxygen atoms in total. The average molecular weight is 473 g/mol. The van der Waals surface area contributed by atoms with Gasteiger partial charge in [-0.05, 0) is 73.3 Å². The molecule has 2 aromatic rings. The topological polar surface area (TPSA) is 18.5 Å². The fraction of sp³-hybridized carbons (Fsp3) is 0.538. The van der Waals surface area contributed by atoms with E-state index >= 15 is 0 Å². The third-order valence-corrected chi connectivity index (χ3v) is 19.3. The molecule has 0 aliphatic rings. The Balaban J connectivity index is 2.14. The van der Waals surface area contributed by atoms with E-state index in [9.17, 15) is 0 Å². The van der Waals surface area contributed by atoms with E-state index in [1.807, 2.05) is 0 Å². The second-order valence-corrected chi connectivity index (χ2v) is 24.1. The lowest BCUT2D eigenvalue weighted by molar-refractivity contribution is 0.339. The van der Waals surface area contributed by atoms with Crippen molar-refractivity contribution < 1.29 is 8.23 Å². The lowest BCUT2D eigenvalue weighted by atomic mass is 10.2. The van der Waals surface area contributed by atoms with Crippen LogP contribution in [0.1, 0.15) is 38.8 Å². The van der Waals surface area contributed by atoms with Gasteiger partial charge in [-0.2, -0.15) is 0 Å². The van der Waals surface area contributed by atoms with Gasteiger partial charge in [-0.15, -0.1) is 0 Å². The average Bonchev–Trinajstić information content (AvgIpc) is 2.71. The smallest absolute Gasteiger partial charge is 0.322 e. The fourth-order valence-corrected chi connectivity index (χ4v) is 19.5. The first-order chi connectivity index (χ1) is 14.5. The lowest BCUT2D eigenvalue weighted by Gasteiger charge is -2.47. The van der Waals surface area contributed by atoms with Gasteiger partial charge in [0.2, 0.25) is 0 Å². The molecule has 0 aromatic heterocycles. The maximum absolute atomic E-state index is 7.25. The minimum atomic E-state index is -2.37. The monoisotopic (exact) mass is 472 g/mol. The molecule has 0 saturated carbocycles. The molecular weight excluding hydrogens is 429 g/mol. The molecule has 0 heterocycles. The SMILES string of the molecule is CC(C)[Si](O[Si](C)(C)CCc1ccccc1)(O[Si](C)(C)CCc1ccccc1)C(C)C. The van der Waals surface area contributed by atoms with Crippen molar-refractivity contribution in [3.8, 4) is 0 Å². The summed E-state index contributed by atoms with van der Waals surface area (Å²) in [7, 11) is -6.12. The van der Waals surface area contributed by atoms with Crippen molar-refractivity contribution in [3.63, 3.8) is 0 Å². The number of aryl methyl sites for hydroxylation is 2. The summed E-state index contributed by atoms with van der Waals surface area (Å²) in [5, 5.41) is 0. The van der Waals surface area contributed by atoms with Crippen LogP contribution in [0.3, 0.4) is 0 Å². The van der Waals surface area contributed by atoms with Gasteiger partial charge >= 0.3 is 8.56 Å². The summed E-state index contributed by atoms with van der Waals surface area (Å²) in [6.07, 6.45) is 2.19. The number of hydrogen-bond acceptors (Lipinski definition) is 2. The van der Waals surface area contributed by atoms with Crippen LogP contribution in [0.25, 0.3) is 0 Å². The van der Waals surface area contributed by atoms with E-state index in [0.29, 0.717) is 11.1 Å². The van der Waals surface area contributed by atoms with Gasteiger partial charge in [0.1, 0.15) is 0 Å². The second-order valence-electron chi connectivity index (χ2n) is 10.7. The molecule has 0 bridgehead atoms. The molecule has 0 saturated heterocycles. The highest BCUT2D eigenvalue weighted by Crippen LogP contribution is 2.40. The van der Waals surface area contributed by atoms with Gasteiger partial charge in [-0.25, -0.2) is 0 Å². The van der Waals surface area contributed by atoms with Crippen molar-refractivity contribution in [2.75, 3.05) is 0 Å². The zero-order chi connectivity index (χ0) is 23.1. The Morgan fingerprint density at radius 1 is 0.581 bits per heavy atom. The van der Waals surface area contributed by atoms with Crippen LogP contribution in [-0.2, 0) is 21.1 Å². The summed E-state index contributed by atoms with van der Waals surface area (Å²) in [5.74, 6) is 0. The molecule has 0 radical (unpaired) electrons. The van der Waals surface area contributed by atoms with Crippen LogP contribution in [0.15, 0.2) is 60.7 Å². The summed E-state index contributed by atoms with van der Waals surface area (Å²) in [5.41, 5.74) is 3.71. The molecule has 2 aromatic carbocycles. The summed E-state index contributed by atoms with van der Waals surface area (Å²) >= 11 is 0. The van der Waals surface area contributed by atoms with E-state index in [-0.39, 0.29) is 0 Å². The minimum Gasteiger partial charge on any atom is -0.436 e. The zero-order valence-corrected chi connectivity index (χ0v) is 24.1. The van der Waals surface area contributed by atoms with Crippen molar-refractivity contribution >= 4 is 25.2 Å². The highest BCUT2D eigenvalue weighted by atomic mass is 28.5. The van der Waals surface area contributed by atoms with Crippen LogP contribution >= 0.6 is 0 Å². The fourth-order valence-electron chi connectivity index (χ4n) is 4.30. The van der Waals surface area contributed by atoms with Crippen LogP contribution in [0, 0.1) is 0 Å². The van der Waals surface area contributed by atoms with Gasteiger partial charge in [0.15, 0.2) is 16.6 Å². The van der Waals surface area contributed by atoms with Crippen LogP contribution in [-0.4, -0.2) is 25.2 Å². The van der Waals surface area contributed by atoms with Gasteiger partial charge in [-0.1, -0.05) is 88.4 Å². The molecule has 0 fully saturated rings. The normalized spacial score (nSPS) is 13.2. The van der Waals surface area contributed by atoms with Gasteiger partial charge in [0, 0.05) is 0 Å². The van der Waals surface area contributed by atoms with Gasteiger partial charge in [-0.3, -0.25) is 0 Å². The molecule has 0 aliphatic heterocycles. The van der Waals surface area contributed by atoms with Crippen molar-refractivity contribution in [1.82, 2.24) is 0 Å². The van der Waals surface area contributed by atoms with Crippen LogP contribution in [0.4, 0.5) is 0 Å². The standard InChI is InChI=1S/C26H44O2Si3/c1-23(2)31(24(3)4,27-29(5,6)21-19-25-15-11-9-12-16-25)28-30(7,8)22-20-26-17-13-10-14-18-26/h9-18,23-24H,19-22H2,1-8H3. The molecule has 5 heteroatoms. The Labute approximate surface area is 194 Å². The van der Waals surface area contributed by atoms with Crippen molar-refractivity contribution in [1.29, 1.82) is 0 Å². The summed E-state index contributed by atoms with van der Waals surface area (Å²) in [4.78, 5) is 0. The molecule has 31 heavy (non-hydrogen) atoms. The van der Waals surface area contributed by atoms with E-state index in [0.717, 1.165) is 24.9 Å². The Kier molecular flexibility index (Phi) is 9.52. The molecule has 0 amide bonds. The quantitative estimate of drug-likeness (QED) is 0.290. The Hall–Kier alpha value is -0.989. The van der Waals surface area contributed by atoms with E-state index in [1.165, 1.54) is 11.1 Å². The Morgan fingerprint density at radius 3 is 1.19 bits per heavy atom. The molecule has 0 N–H and O–H groups in total. The minimum absolute atomic E-state index is 0.444. The van der Waals surface area contributed by atoms with Crippen LogP contribution < -0.4 is 0 Å². The molecular formula is C26H44O2Si3. The van der Waals surface area contributed by atoms with Crippen LogP contribution in [0.2, 0.25) is 49.4 Å². The van der Waals surface area contributed by atoms with Gasteiger partial charge in [0.25, 0.3) is 0 Å². The molecule has 0 aliphatic carbocycles. The largest absolute Gasteiger partial charge is 0.436 e. The van der Waals surface area contributed by atoms with Crippen molar-refractivity contribution in [2.45, 2.75) is 89.9 Å². The van der Waals surface area contributed by atoms with E-state index in [2.05, 4.69) is 115 Å². The summed E-state index contributed by atoms with van der Waals surface area (Å²) in [6, 6.07) is 23.9. The van der Waals surface area contributed by atoms with E-state index in [1.54, 1.807) is 0 Å². The molecule has 2 rings (SSSR count). The Bertz CT molecular complexity index is 706.